The number of imidazole rings is 1. The minimum absolute atomic E-state index is 0.137. The second-order valence-electron chi connectivity index (χ2n) is 5.71. The van der Waals surface area contributed by atoms with Crippen LogP contribution in [0.1, 0.15) is 27.7 Å². The van der Waals surface area contributed by atoms with Gasteiger partial charge in [0.15, 0.2) is 0 Å². The standard InChI is InChI=1S/C16H22N4O3/c1-12-14(16(21)18-10-15-17-3-4-19(15)2)9-13(23-12)11-20-5-7-22-8-6-20/h3-4,9H,5-8,10-11H2,1-2H3,(H,18,21). The van der Waals surface area contributed by atoms with Crippen LogP contribution >= 0.6 is 0 Å². The van der Waals surface area contributed by atoms with Gasteiger partial charge in [-0.05, 0) is 13.0 Å². The number of aromatic nitrogens is 2. The third-order valence-corrected chi connectivity index (χ3v) is 4.02. The molecule has 0 unspecified atom stereocenters. The molecule has 7 heteroatoms. The van der Waals surface area contributed by atoms with E-state index in [1.165, 1.54) is 0 Å². The largest absolute Gasteiger partial charge is 0.464 e. The zero-order valence-electron chi connectivity index (χ0n) is 13.5. The van der Waals surface area contributed by atoms with Gasteiger partial charge in [0.05, 0.1) is 31.9 Å². The molecule has 0 bridgehead atoms. The van der Waals surface area contributed by atoms with Gasteiger partial charge in [0.25, 0.3) is 5.91 Å². The van der Waals surface area contributed by atoms with Crippen molar-refractivity contribution >= 4 is 5.91 Å². The SMILES string of the molecule is Cc1oc(CN2CCOCC2)cc1C(=O)NCc1nccn1C. The Balaban J connectivity index is 1.60. The van der Waals surface area contributed by atoms with Gasteiger partial charge >= 0.3 is 0 Å². The van der Waals surface area contributed by atoms with Gasteiger partial charge in [-0.3, -0.25) is 9.69 Å². The van der Waals surface area contributed by atoms with E-state index < -0.39 is 0 Å². The first-order chi connectivity index (χ1) is 11.1. The second-order valence-corrected chi connectivity index (χ2v) is 5.71. The fraction of sp³-hybridized carbons (Fsp3) is 0.500. The summed E-state index contributed by atoms with van der Waals surface area (Å²) in [6.07, 6.45) is 3.57. The molecule has 3 heterocycles. The number of hydrogen-bond acceptors (Lipinski definition) is 5. The molecular formula is C16H22N4O3. The van der Waals surface area contributed by atoms with E-state index in [2.05, 4.69) is 15.2 Å². The lowest BCUT2D eigenvalue weighted by Crippen LogP contribution is -2.35. The van der Waals surface area contributed by atoms with E-state index in [9.17, 15) is 4.79 Å². The molecule has 124 valence electrons. The third-order valence-electron chi connectivity index (χ3n) is 4.02. The quantitative estimate of drug-likeness (QED) is 0.893. The van der Waals surface area contributed by atoms with E-state index in [1.807, 2.05) is 30.8 Å². The smallest absolute Gasteiger partial charge is 0.255 e. The highest BCUT2D eigenvalue weighted by atomic mass is 16.5. The van der Waals surface area contributed by atoms with Crippen LogP contribution < -0.4 is 5.32 Å². The first-order valence-electron chi connectivity index (χ1n) is 7.77. The van der Waals surface area contributed by atoms with Crippen molar-refractivity contribution in [1.82, 2.24) is 19.8 Å². The number of nitrogens with one attached hydrogen (secondary N) is 1. The molecule has 0 aromatic carbocycles. The Morgan fingerprint density at radius 3 is 2.87 bits per heavy atom. The molecule has 1 aliphatic heterocycles. The summed E-state index contributed by atoms with van der Waals surface area (Å²) < 4.78 is 13.0. The number of carbonyl (C=O) groups is 1. The highest BCUT2D eigenvalue weighted by Crippen LogP contribution is 2.17. The van der Waals surface area contributed by atoms with E-state index in [-0.39, 0.29) is 5.91 Å². The summed E-state index contributed by atoms with van der Waals surface area (Å²) >= 11 is 0. The molecule has 0 radical (unpaired) electrons. The molecule has 0 atom stereocenters. The maximum absolute atomic E-state index is 12.3. The highest BCUT2D eigenvalue weighted by molar-refractivity contribution is 5.95. The topological polar surface area (TPSA) is 72.5 Å². The molecule has 3 rings (SSSR count). The van der Waals surface area contributed by atoms with E-state index in [4.69, 9.17) is 9.15 Å². The summed E-state index contributed by atoms with van der Waals surface area (Å²) in [6.45, 7) is 6.19. The van der Waals surface area contributed by atoms with E-state index >= 15 is 0 Å². The Labute approximate surface area is 135 Å². The molecule has 1 aliphatic rings. The van der Waals surface area contributed by atoms with Crippen molar-refractivity contribution in [3.63, 3.8) is 0 Å². The predicted molar refractivity (Wildman–Crippen MR) is 83.9 cm³/mol. The first-order valence-corrected chi connectivity index (χ1v) is 7.77. The molecule has 1 N–H and O–H groups in total. The Morgan fingerprint density at radius 2 is 2.17 bits per heavy atom. The van der Waals surface area contributed by atoms with Crippen molar-refractivity contribution in [3.8, 4) is 0 Å². The van der Waals surface area contributed by atoms with Crippen molar-refractivity contribution in [1.29, 1.82) is 0 Å². The maximum Gasteiger partial charge on any atom is 0.255 e. The van der Waals surface area contributed by atoms with Crippen LogP contribution in [-0.4, -0.2) is 46.7 Å². The summed E-state index contributed by atoms with van der Waals surface area (Å²) in [5.74, 6) is 2.13. The van der Waals surface area contributed by atoms with Crippen molar-refractivity contribution in [2.24, 2.45) is 7.05 Å². The van der Waals surface area contributed by atoms with Crippen LogP contribution in [0.25, 0.3) is 0 Å². The van der Waals surface area contributed by atoms with Crippen LogP contribution in [0.3, 0.4) is 0 Å². The zero-order valence-corrected chi connectivity index (χ0v) is 13.5. The molecule has 23 heavy (non-hydrogen) atoms. The molecule has 2 aromatic heterocycles. The number of ether oxygens (including phenoxy) is 1. The fourth-order valence-corrected chi connectivity index (χ4v) is 2.65. The molecule has 0 spiro atoms. The summed E-state index contributed by atoms with van der Waals surface area (Å²) in [5, 5.41) is 2.88. The Hall–Kier alpha value is -2.12. The number of amides is 1. The first kappa shape index (κ1) is 15.8. The lowest BCUT2D eigenvalue weighted by atomic mass is 10.2. The molecule has 0 saturated carbocycles. The van der Waals surface area contributed by atoms with Crippen LogP contribution in [0.4, 0.5) is 0 Å². The number of aryl methyl sites for hydroxylation is 2. The second kappa shape index (κ2) is 6.97. The lowest BCUT2D eigenvalue weighted by Gasteiger charge is -2.25. The predicted octanol–water partition coefficient (Wildman–Crippen LogP) is 1.08. The molecule has 1 saturated heterocycles. The summed E-state index contributed by atoms with van der Waals surface area (Å²) in [6, 6.07) is 1.83. The van der Waals surface area contributed by atoms with Gasteiger partial charge in [-0.1, -0.05) is 0 Å². The average Bonchev–Trinajstić information content (AvgIpc) is 3.12. The molecule has 0 aliphatic carbocycles. The minimum atomic E-state index is -0.137. The summed E-state index contributed by atoms with van der Waals surface area (Å²) in [5.41, 5.74) is 0.586. The van der Waals surface area contributed by atoms with Crippen molar-refractivity contribution < 1.29 is 13.9 Å². The van der Waals surface area contributed by atoms with Gasteiger partial charge in [-0.15, -0.1) is 0 Å². The summed E-state index contributed by atoms with van der Waals surface area (Å²) in [7, 11) is 1.90. The van der Waals surface area contributed by atoms with Gasteiger partial charge in [0.2, 0.25) is 0 Å². The Kier molecular flexibility index (Phi) is 4.78. The van der Waals surface area contributed by atoms with Gasteiger partial charge in [0, 0.05) is 32.5 Å². The monoisotopic (exact) mass is 318 g/mol. The van der Waals surface area contributed by atoms with Crippen molar-refractivity contribution in [2.75, 3.05) is 26.3 Å². The van der Waals surface area contributed by atoms with Crippen LogP contribution in [0, 0.1) is 6.92 Å². The molecule has 2 aromatic rings. The minimum Gasteiger partial charge on any atom is -0.464 e. The normalized spacial score (nSPS) is 15.7. The van der Waals surface area contributed by atoms with E-state index in [1.54, 1.807) is 6.20 Å². The van der Waals surface area contributed by atoms with Crippen molar-refractivity contribution in [2.45, 2.75) is 20.0 Å². The number of nitrogens with zero attached hydrogens (tertiary/aromatic N) is 3. The van der Waals surface area contributed by atoms with Gasteiger partial charge in [-0.2, -0.15) is 0 Å². The van der Waals surface area contributed by atoms with Crippen LogP contribution in [0.15, 0.2) is 22.9 Å². The molecule has 1 amide bonds. The highest BCUT2D eigenvalue weighted by Gasteiger charge is 2.18. The fourth-order valence-electron chi connectivity index (χ4n) is 2.65. The van der Waals surface area contributed by atoms with Crippen LogP contribution in [0.5, 0.6) is 0 Å². The molecule has 1 fully saturated rings. The van der Waals surface area contributed by atoms with Crippen molar-refractivity contribution in [3.05, 3.63) is 41.4 Å². The molecule has 7 nitrogen and oxygen atoms in total. The van der Waals surface area contributed by atoms with Gasteiger partial charge in [0.1, 0.15) is 17.3 Å². The van der Waals surface area contributed by atoms with Crippen LogP contribution in [0.2, 0.25) is 0 Å². The number of morpholine rings is 1. The number of rotatable bonds is 5. The van der Waals surface area contributed by atoms with Gasteiger partial charge < -0.3 is 19.0 Å². The van der Waals surface area contributed by atoms with Crippen LogP contribution in [-0.2, 0) is 24.9 Å². The number of hydrogen-bond donors (Lipinski definition) is 1. The zero-order chi connectivity index (χ0) is 16.2. The van der Waals surface area contributed by atoms with Gasteiger partial charge in [-0.25, -0.2) is 4.98 Å². The third kappa shape index (κ3) is 3.80. The Bertz CT molecular complexity index is 671. The maximum atomic E-state index is 12.3. The summed E-state index contributed by atoms with van der Waals surface area (Å²) in [4.78, 5) is 18.8. The Morgan fingerprint density at radius 1 is 1.39 bits per heavy atom. The lowest BCUT2D eigenvalue weighted by molar-refractivity contribution is 0.0312. The number of carbonyl (C=O) groups excluding carboxylic acids is 1. The molecular weight excluding hydrogens is 296 g/mol. The number of furan rings is 1. The average molecular weight is 318 g/mol. The van der Waals surface area contributed by atoms with E-state index in [0.29, 0.717) is 24.4 Å². The van der Waals surface area contributed by atoms with E-state index in [0.717, 1.165) is 37.9 Å².